The smallest absolute Gasteiger partial charge is 0.325 e. The van der Waals surface area contributed by atoms with Crippen molar-refractivity contribution in [1.29, 1.82) is 0 Å². The first-order valence-electron chi connectivity index (χ1n) is 8.30. The van der Waals surface area contributed by atoms with E-state index in [0.717, 1.165) is 30.8 Å². The van der Waals surface area contributed by atoms with Crippen LogP contribution >= 0.6 is 11.8 Å². The number of halogens is 3. The number of carbonyl (C=O) groups is 1. The zero-order chi connectivity index (χ0) is 18.9. The second kappa shape index (κ2) is 7.30. The molecule has 0 spiro atoms. The lowest BCUT2D eigenvalue weighted by Gasteiger charge is -2.13. The molecule has 0 aliphatic heterocycles. The van der Waals surface area contributed by atoms with Crippen LogP contribution in [0.25, 0.3) is 0 Å². The zero-order valence-corrected chi connectivity index (χ0v) is 15.2. The van der Waals surface area contributed by atoms with E-state index in [1.807, 2.05) is 18.4 Å². The minimum Gasteiger partial charge on any atom is -0.325 e. The Kier molecular flexibility index (Phi) is 5.27. The van der Waals surface area contributed by atoms with Crippen molar-refractivity contribution in [2.75, 3.05) is 11.1 Å². The predicted molar refractivity (Wildman–Crippen MR) is 93.2 cm³/mol. The largest absolute Gasteiger partial charge is 0.416 e. The van der Waals surface area contributed by atoms with E-state index in [1.165, 1.54) is 23.9 Å². The van der Waals surface area contributed by atoms with E-state index in [1.54, 1.807) is 0 Å². The minimum absolute atomic E-state index is 0.0474. The van der Waals surface area contributed by atoms with Gasteiger partial charge in [0, 0.05) is 17.6 Å². The van der Waals surface area contributed by atoms with Gasteiger partial charge in [0.1, 0.15) is 5.82 Å². The Hall–Kier alpha value is -2.03. The molecule has 9 heteroatoms. The fraction of sp³-hybridized carbons (Fsp3) is 0.471. The molecule has 1 aromatic heterocycles. The molecule has 140 valence electrons. The summed E-state index contributed by atoms with van der Waals surface area (Å²) in [6, 6.07) is 4.76. The molecule has 1 N–H and O–H groups in total. The lowest BCUT2D eigenvalue weighted by molar-refractivity contribution is -0.137. The number of rotatable bonds is 6. The van der Waals surface area contributed by atoms with Crippen LogP contribution in [0.15, 0.2) is 29.4 Å². The van der Waals surface area contributed by atoms with Crippen molar-refractivity contribution in [3.63, 3.8) is 0 Å². The zero-order valence-electron chi connectivity index (χ0n) is 14.4. The number of nitrogens with one attached hydrogen (secondary N) is 1. The Balaban J connectivity index is 1.63. The van der Waals surface area contributed by atoms with Gasteiger partial charge < -0.3 is 9.88 Å². The molecule has 0 saturated heterocycles. The fourth-order valence-corrected chi connectivity index (χ4v) is 3.47. The molecule has 0 unspecified atom stereocenters. The Bertz CT molecular complexity index is 800. The molecule has 1 heterocycles. The molecule has 1 aromatic carbocycles. The second-order valence-corrected chi connectivity index (χ2v) is 7.44. The monoisotopic (exact) mass is 384 g/mol. The van der Waals surface area contributed by atoms with Gasteiger partial charge in [0.2, 0.25) is 5.91 Å². The van der Waals surface area contributed by atoms with Gasteiger partial charge in [0.25, 0.3) is 0 Å². The molecule has 3 rings (SSSR count). The van der Waals surface area contributed by atoms with E-state index in [2.05, 4.69) is 15.5 Å². The summed E-state index contributed by atoms with van der Waals surface area (Å²) in [6.45, 7) is 4.06. The highest BCUT2D eigenvalue weighted by atomic mass is 32.2. The number of alkyl halides is 3. The Morgan fingerprint density at radius 2 is 2.08 bits per heavy atom. The molecule has 26 heavy (non-hydrogen) atoms. The van der Waals surface area contributed by atoms with Crippen molar-refractivity contribution in [3.05, 3.63) is 35.7 Å². The maximum Gasteiger partial charge on any atom is 0.416 e. The van der Waals surface area contributed by atoms with Crippen molar-refractivity contribution < 1.29 is 18.0 Å². The summed E-state index contributed by atoms with van der Waals surface area (Å²) in [5.74, 6) is 1.05. The quantitative estimate of drug-likeness (QED) is 0.746. The number of hydrogen-bond acceptors (Lipinski definition) is 4. The number of thioether (sulfide) groups is 1. The van der Waals surface area contributed by atoms with E-state index in [0.29, 0.717) is 11.1 Å². The summed E-state index contributed by atoms with van der Waals surface area (Å²) in [5.41, 5.74) is -0.675. The first kappa shape index (κ1) is 18.8. The van der Waals surface area contributed by atoms with Gasteiger partial charge in [-0.2, -0.15) is 13.2 Å². The van der Waals surface area contributed by atoms with Crippen molar-refractivity contribution in [2.45, 2.75) is 50.0 Å². The average Bonchev–Trinajstić information content (AvgIpc) is 3.31. The Morgan fingerprint density at radius 3 is 2.69 bits per heavy atom. The molecule has 2 aromatic rings. The standard InChI is InChI=1S/C17H19F3N4OS/c1-10(2)24-15(11-6-7-11)22-23-16(24)26-9-14(25)21-13-5-3-4-12(8-13)17(18,19)20/h3-5,8,10-11H,6-7,9H2,1-2H3,(H,21,25). The molecular weight excluding hydrogens is 365 g/mol. The van der Waals surface area contributed by atoms with E-state index in [-0.39, 0.29) is 23.4 Å². The molecule has 0 radical (unpaired) electrons. The van der Waals surface area contributed by atoms with Crippen molar-refractivity contribution >= 4 is 23.4 Å². The van der Waals surface area contributed by atoms with Crippen LogP contribution in [0.5, 0.6) is 0 Å². The van der Waals surface area contributed by atoms with Gasteiger partial charge >= 0.3 is 6.18 Å². The van der Waals surface area contributed by atoms with E-state index in [4.69, 9.17) is 0 Å². The predicted octanol–water partition coefficient (Wildman–Crippen LogP) is 4.49. The van der Waals surface area contributed by atoms with Crippen LogP contribution in [-0.2, 0) is 11.0 Å². The first-order chi connectivity index (χ1) is 12.3. The van der Waals surface area contributed by atoms with Gasteiger partial charge in [-0.1, -0.05) is 17.8 Å². The normalized spacial score (nSPS) is 14.7. The van der Waals surface area contributed by atoms with Gasteiger partial charge in [-0.25, -0.2) is 0 Å². The van der Waals surface area contributed by atoms with Crippen LogP contribution in [-0.4, -0.2) is 26.4 Å². The summed E-state index contributed by atoms with van der Waals surface area (Å²) in [6.07, 6.45) is -2.24. The third-order valence-corrected chi connectivity index (χ3v) is 4.90. The Labute approximate surface area is 153 Å². The minimum atomic E-state index is -4.44. The third-order valence-electron chi connectivity index (χ3n) is 3.96. The molecule has 0 bridgehead atoms. The molecular formula is C17H19F3N4OS. The number of amides is 1. The van der Waals surface area contributed by atoms with Crippen LogP contribution in [0.4, 0.5) is 18.9 Å². The summed E-state index contributed by atoms with van der Waals surface area (Å²) in [4.78, 5) is 12.1. The lowest BCUT2D eigenvalue weighted by Crippen LogP contribution is -2.16. The van der Waals surface area contributed by atoms with E-state index >= 15 is 0 Å². The average molecular weight is 384 g/mol. The van der Waals surface area contributed by atoms with Crippen molar-refractivity contribution in [3.8, 4) is 0 Å². The summed E-state index contributed by atoms with van der Waals surface area (Å²) in [5, 5.41) is 11.6. The van der Waals surface area contributed by atoms with Crippen LogP contribution in [0.1, 0.15) is 50.0 Å². The number of hydrogen-bond donors (Lipinski definition) is 1. The number of aromatic nitrogens is 3. The van der Waals surface area contributed by atoms with Crippen LogP contribution in [0.3, 0.4) is 0 Å². The Morgan fingerprint density at radius 1 is 1.35 bits per heavy atom. The maximum absolute atomic E-state index is 12.7. The molecule has 1 aliphatic carbocycles. The fourth-order valence-electron chi connectivity index (χ4n) is 2.59. The maximum atomic E-state index is 12.7. The number of benzene rings is 1. The molecule has 5 nitrogen and oxygen atoms in total. The van der Waals surface area contributed by atoms with Gasteiger partial charge in [-0.05, 0) is 44.9 Å². The molecule has 1 aliphatic rings. The highest BCUT2D eigenvalue weighted by Gasteiger charge is 2.32. The number of carbonyl (C=O) groups excluding carboxylic acids is 1. The van der Waals surface area contributed by atoms with Crippen LogP contribution < -0.4 is 5.32 Å². The van der Waals surface area contributed by atoms with Crippen LogP contribution in [0.2, 0.25) is 0 Å². The third kappa shape index (κ3) is 4.38. The van der Waals surface area contributed by atoms with Gasteiger partial charge in [-0.15, -0.1) is 10.2 Å². The lowest BCUT2D eigenvalue weighted by atomic mass is 10.2. The molecule has 1 amide bonds. The first-order valence-corrected chi connectivity index (χ1v) is 9.29. The summed E-state index contributed by atoms with van der Waals surface area (Å²) in [7, 11) is 0. The topological polar surface area (TPSA) is 59.8 Å². The molecule has 1 saturated carbocycles. The summed E-state index contributed by atoms with van der Waals surface area (Å²) < 4.78 is 40.2. The van der Waals surface area contributed by atoms with Gasteiger partial charge in [0.05, 0.1) is 11.3 Å². The highest BCUT2D eigenvalue weighted by molar-refractivity contribution is 7.99. The van der Waals surface area contributed by atoms with Crippen molar-refractivity contribution in [2.24, 2.45) is 0 Å². The number of nitrogens with zero attached hydrogens (tertiary/aromatic N) is 3. The van der Waals surface area contributed by atoms with Gasteiger partial charge in [0.15, 0.2) is 5.16 Å². The second-order valence-electron chi connectivity index (χ2n) is 6.49. The number of anilines is 1. The van der Waals surface area contributed by atoms with E-state index in [9.17, 15) is 18.0 Å². The van der Waals surface area contributed by atoms with Gasteiger partial charge in [-0.3, -0.25) is 4.79 Å². The van der Waals surface area contributed by atoms with Crippen molar-refractivity contribution in [1.82, 2.24) is 14.8 Å². The molecule has 0 atom stereocenters. The van der Waals surface area contributed by atoms with E-state index < -0.39 is 11.7 Å². The highest BCUT2D eigenvalue weighted by Crippen LogP contribution is 2.41. The molecule has 1 fully saturated rings. The SMILES string of the molecule is CC(C)n1c(SCC(=O)Nc2cccc(C(F)(F)F)c2)nnc1C1CC1. The van der Waals surface area contributed by atoms with Crippen LogP contribution in [0, 0.1) is 0 Å². The summed E-state index contributed by atoms with van der Waals surface area (Å²) >= 11 is 1.23.